The first-order chi connectivity index (χ1) is 8.15. The quantitative estimate of drug-likeness (QED) is 0.833. The van der Waals surface area contributed by atoms with Crippen molar-refractivity contribution in [3.8, 4) is 0 Å². The van der Waals surface area contributed by atoms with Crippen LogP contribution in [-0.4, -0.2) is 26.3 Å². The lowest BCUT2D eigenvalue weighted by Crippen LogP contribution is -2.03. The maximum absolute atomic E-state index is 10.6. The van der Waals surface area contributed by atoms with Crippen molar-refractivity contribution in [1.29, 1.82) is 0 Å². The molecule has 0 aliphatic rings. The molecule has 0 saturated carbocycles. The van der Waals surface area contributed by atoms with E-state index in [0.717, 1.165) is 11.4 Å². The number of carboxylic acids is 1. The van der Waals surface area contributed by atoms with E-state index < -0.39 is 5.97 Å². The van der Waals surface area contributed by atoms with Gasteiger partial charge in [0.25, 0.3) is 0 Å². The van der Waals surface area contributed by atoms with Crippen molar-refractivity contribution in [3.63, 3.8) is 0 Å². The van der Waals surface area contributed by atoms with E-state index in [4.69, 9.17) is 5.11 Å². The molecule has 2 aromatic rings. The van der Waals surface area contributed by atoms with Crippen LogP contribution in [0, 0.1) is 6.92 Å². The third-order valence-electron chi connectivity index (χ3n) is 2.07. The zero-order valence-electron chi connectivity index (χ0n) is 9.08. The summed E-state index contributed by atoms with van der Waals surface area (Å²) in [6, 6.07) is 6.66. The molecule has 0 atom stereocenters. The lowest BCUT2D eigenvalue weighted by atomic mass is 10.3. The lowest BCUT2D eigenvalue weighted by Gasteiger charge is -2.04. The molecule has 0 fully saturated rings. The predicted octanol–water partition coefficient (Wildman–Crippen LogP) is 1.62. The highest BCUT2D eigenvalue weighted by atomic mass is 16.4. The Bertz CT molecular complexity index is 522. The van der Waals surface area contributed by atoms with Crippen molar-refractivity contribution >= 4 is 17.5 Å². The Labute approximate surface area is 97.4 Å². The highest BCUT2D eigenvalue weighted by Gasteiger charge is 2.04. The third-order valence-corrected chi connectivity index (χ3v) is 2.07. The van der Waals surface area contributed by atoms with Gasteiger partial charge in [-0.2, -0.15) is 0 Å². The van der Waals surface area contributed by atoms with Gasteiger partial charge in [-0.25, -0.2) is 4.79 Å². The number of carbonyl (C=O) groups is 1. The fraction of sp³-hybridized carbons (Fsp3) is 0.0909. The molecule has 0 aromatic carbocycles. The fourth-order valence-electron chi connectivity index (χ4n) is 1.20. The number of hydrogen-bond donors (Lipinski definition) is 2. The van der Waals surface area contributed by atoms with Gasteiger partial charge < -0.3 is 10.4 Å². The Balaban J connectivity index is 2.13. The highest BCUT2D eigenvalue weighted by Crippen LogP contribution is 2.12. The van der Waals surface area contributed by atoms with Gasteiger partial charge in [-0.3, -0.25) is 4.98 Å². The van der Waals surface area contributed by atoms with Crippen molar-refractivity contribution in [1.82, 2.24) is 15.2 Å². The molecule has 0 radical (unpaired) electrons. The van der Waals surface area contributed by atoms with Gasteiger partial charge in [-0.15, -0.1) is 10.2 Å². The number of aryl methyl sites for hydroxylation is 1. The van der Waals surface area contributed by atoms with Crippen LogP contribution in [0.15, 0.2) is 30.5 Å². The molecule has 0 unspecified atom stereocenters. The van der Waals surface area contributed by atoms with E-state index in [1.54, 1.807) is 12.3 Å². The summed E-state index contributed by atoms with van der Waals surface area (Å²) < 4.78 is 0. The van der Waals surface area contributed by atoms with E-state index in [0.29, 0.717) is 5.82 Å². The third kappa shape index (κ3) is 2.75. The average molecular weight is 230 g/mol. The van der Waals surface area contributed by atoms with Gasteiger partial charge in [-0.05, 0) is 31.2 Å². The normalized spacial score (nSPS) is 9.94. The number of nitrogens with zero attached hydrogens (tertiary/aromatic N) is 3. The standard InChI is InChI=1S/C11H10N4O2/c1-7-2-3-8(6-12-7)13-10-5-4-9(11(16)17)14-15-10/h2-6H,1H3,(H,13,15)(H,16,17). The van der Waals surface area contributed by atoms with Gasteiger partial charge in [0.2, 0.25) is 0 Å². The molecule has 6 heteroatoms. The number of aromatic carboxylic acids is 1. The topological polar surface area (TPSA) is 88.0 Å². The molecule has 0 saturated heterocycles. The molecule has 0 aliphatic carbocycles. The monoisotopic (exact) mass is 230 g/mol. The highest BCUT2D eigenvalue weighted by molar-refractivity contribution is 5.85. The Hall–Kier alpha value is -2.50. The number of rotatable bonds is 3. The SMILES string of the molecule is Cc1ccc(Nc2ccc(C(=O)O)nn2)cn1. The minimum atomic E-state index is -1.10. The lowest BCUT2D eigenvalue weighted by molar-refractivity contribution is 0.0689. The van der Waals surface area contributed by atoms with Gasteiger partial charge in [0.1, 0.15) is 0 Å². The van der Waals surface area contributed by atoms with E-state index in [1.807, 2.05) is 19.1 Å². The van der Waals surface area contributed by atoms with Gasteiger partial charge >= 0.3 is 5.97 Å². The number of carboxylic acid groups (broad SMARTS) is 1. The molecule has 2 N–H and O–H groups in total. The van der Waals surface area contributed by atoms with E-state index in [1.165, 1.54) is 6.07 Å². The molecule has 17 heavy (non-hydrogen) atoms. The van der Waals surface area contributed by atoms with Crippen LogP contribution in [0.25, 0.3) is 0 Å². The van der Waals surface area contributed by atoms with Crippen LogP contribution in [-0.2, 0) is 0 Å². The van der Waals surface area contributed by atoms with E-state index in [2.05, 4.69) is 20.5 Å². The molecule has 0 bridgehead atoms. The van der Waals surface area contributed by atoms with Crippen LogP contribution in [0.5, 0.6) is 0 Å². The minimum absolute atomic E-state index is 0.0856. The predicted molar refractivity (Wildman–Crippen MR) is 61.2 cm³/mol. The number of hydrogen-bond acceptors (Lipinski definition) is 5. The van der Waals surface area contributed by atoms with Crippen LogP contribution in [0.1, 0.15) is 16.2 Å². The second-order valence-corrected chi connectivity index (χ2v) is 3.42. The molecule has 2 heterocycles. The number of nitrogens with one attached hydrogen (secondary N) is 1. The molecule has 0 aliphatic heterocycles. The largest absolute Gasteiger partial charge is 0.476 e. The van der Waals surface area contributed by atoms with Crippen molar-refractivity contribution in [2.45, 2.75) is 6.92 Å². The summed E-state index contributed by atoms with van der Waals surface area (Å²) in [5.74, 6) is -0.623. The van der Waals surface area contributed by atoms with Crippen LogP contribution in [0.2, 0.25) is 0 Å². The van der Waals surface area contributed by atoms with E-state index >= 15 is 0 Å². The zero-order valence-corrected chi connectivity index (χ0v) is 9.08. The van der Waals surface area contributed by atoms with Gasteiger partial charge in [0, 0.05) is 5.69 Å². The number of anilines is 2. The average Bonchev–Trinajstić information content (AvgIpc) is 2.33. The summed E-state index contributed by atoms with van der Waals surface area (Å²) in [5, 5.41) is 18.9. The van der Waals surface area contributed by atoms with Gasteiger partial charge in [0.05, 0.1) is 11.9 Å². The number of aromatic nitrogens is 3. The first-order valence-electron chi connectivity index (χ1n) is 4.92. The Kier molecular flexibility index (Phi) is 2.95. The Morgan fingerprint density at radius 3 is 2.59 bits per heavy atom. The van der Waals surface area contributed by atoms with Crippen LogP contribution >= 0.6 is 0 Å². The molecule has 0 spiro atoms. The summed E-state index contributed by atoms with van der Waals surface area (Å²) in [4.78, 5) is 14.7. The van der Waals surface area contributed by atoms with E-state index in [9.17, 15) is 4.79 Å². The molecule has 2 aromatic heterocycles. The number of pyridine rings is 1. The molecule has 2 rings (SSSR count). The Morgan fingerprint density at radius 2 is 2.06 bits per heavy atom. The van der Waals surface area contributed by atoms with Crippen LogP contribution < -0.4 is 5.32 Å². The fourth-order valence-corrected chi connectivity index (χ4v) is 1.20. The molecular weight excluding hydrogens is 220 g/mol. The maximum atomic E-state index is 10.6. The minimum Gasteiger partial charge on any atom is -0.476 e. The van der Waals surface area contributed by atoms with Crippen molar-refractivity contribution in [2.24, 2.45) is 0 Å². The first kappa shape index (κ1) is 11.0. The smallest absolute Gasteiger partial charge is 0.356 e. The molecule has 6 nitrogen and oxygen atoms in total. The summed E-state index contributed by atoms with van der Waals surface area (Å²) in [6.07, 6.45) is 1.67. The molecule has 86 valence electrons. The summed E-state index contributed by atoms with van der Waals surface area (Å²) in [7, 11) is 0. The summed E-state index contributed by atoms with van der Waals surface area (Å²) in [5.41, 5.74) is 1.61. The van der Waals surface area contributed by atoms with Crippen molar-refractivity contribution in [3.05, 3.63) is 41.9 Å². The van der Waals surface area contributed by atoms with E-state index in [-0.39, 0.29) is 5.69 Å². The Morgan fingerprint density at radius 1 is 1.24 bits per heavy atom. The molecular formula is C11H10N4O2. The van der Waals surface area contributed by atoms with Crippen molar-refractivity contribution in [2.75, 3.05) is 5.32 Å². The summed E-state index contributed by atoms with van der Waals surface area (Å²) in [6.45, 7) is 1.89. The van der Waals surface area contributed by atoms with Gasteiger partial charge in [0.15, 0.2) is 11.5 Å². The zero-order chi connectivity index (χ0) is 12.3. The molecule has 0 amide bonds. The first-order valence-corrected chi connectivity index (χ1v) is 4.92. The second kappa shape index (κ2) is 4.56. The van der Waals surface area contributed by atoms with Crippen LogP contribution in [0.4, 0.5) is 11.5 Å². The van der Waals surface area contributed by atoms with Gasteiger partial charge in [-0.1, -0.05) is 0 Å². The van der Waals surface area contributed by atoms with Crippen molar-refractivity contribution < 1.29 is 9.90 Å². The second-order valence-electron chi connectivity index (χ2n) is 3.42. The maximum Gasteiger partial charge on any atom is 0.356 e. The van der Waals surface area contributed by atoms with Crippen LogP contribution in [0.3, 0.4) is 0 Å². The summed E-state index contributed by atoms with van der Waals surface area (Å²) >= 11 is 0.